The predicted molar refractivity (Wildman–Crippen MR) is 67.6 cm³/mol. The summed E-state index contributed by atoms with van der Waals surface area (Å²) in [5, 5.41) is 7.52. The fourth-order valence-corrected chi connectivity index (χ4v) is 2.29. The number of aromatic nitrogens is 2. The molecule has 2 aromatic rings. The van der Waals surface area contributed by atoms with E-state index < -0.39 is 0 Å². The minimum Gasteiger partial charge on any atom is -0.384 e. The van der Waals surface area contributed by atoms with Crippen LogP contribution in [0, 0.1) is 13.8 Å². The van der Waals surface area contributed by atoms with Crippen LogP contribution in [0.5, 0.6) is 0 Å². The minimum absolute atomic E-state index is 0.497. The van der Waals surface area contributed by atoms with Gasteiger partial charge in [-0.05, 0) is 35.7 Å². The maximum absolute atomic E-state index is 5.65. The van der Waals surface area contributed by atoms with Crippen molar-refractivity contribution >= 4 is 23.0 Å². The average Bonchev–Trinajstić information content (AvgIpc) is 2.59. The van der Waals surface area contributed by atoms with E-state index in [0.717, 1.165) is 12.4 Å². The van der Waals surface area contributed by atoms with E-state index >= 15 is 0 Å². The molecule has 5 heteroatoms. The van der Waals surface area contributed by atoms with Crippen molar-refractivity contribution in [1.82, 2.24) is 9.97 Å². The molecule has 0 aliphatic rings. The van der Waals surface area contributed by atoms with Gasteiger partial charge in [0, 0.05) is 12.6 Å². The summed E-state index contributed by atoms with van der Waals surface area (Å²) in [7, 11) is 0. The lowest BCUT2D eigenvalue weighted by Gasteiger charge is -2.06. The Morgan fingerprint density at radius 1 is 1.31 bits per heavy atom. The molecule has 0 atom stereocenters. The number of nitrogens with zero attached hydrogens (tertiary/aromatic N) is 2. The Morgan fingerprint density at radius 3 is 2.75 bits per heavy atom. The molecule has 0 aromatic carbocycles. The van der Waals surface area contributed by atoms with E-state index in [2.05, 4.69) is 33.0 Å². The van der Waals surface area contributed by atoms with Crippen LogP contribution in [-0.4, -0.2) is 9.97 Å². The molecule has 3 N–H and O–H groups in total. The number of anilines is 2. The first-order chi connectivity index (χ1) is 7.65. The molecule has 2 heterocycles. The van der Waals surface area contributed by atoms with Gasteiger partial charge in [-0.1, -0.05) is 0 Å². The van der Waals surface area contributed by atoms with Gasteiger partial charge in [0.05, 0.1) is 0 Å². The standard InChI is InChI=1S/C11H14N4S/c1-7-5-16-6-9(7)4-13-11-3-10(12)14-8(2)15-11/h3,5-6H,4H2,1-2H3,(H3,12,13,14,15). The number of aryl methyl sites for hydroxylation is 2. The maximum atomic E-state index is 5.65. The Bertz CT molecular complexity index is 472. The molecule has 2 aromatic heterocycles. The molecule has 0 bridgehead atoms. The summed E-state index contributed by atoms with van der Waals surface area (Å²) in [6.07, 6.45) is 0. The van der Waals surface area contributed by atoms with Gasteiger partial charge >= 0.3 is 0 Å². The van der Waals surface area contributed by atoms with Gasteiger partial charge in [0.15, 0.2) is 0 Å². The molecular weight excluding hydrogens is 220 g/mol. The molecular formula is C11H14N4S. The van der Waals surface area contributed by atoms with Crippen molar-refractivity contribution in [1.29, 1.82) is 0 Å². The molecule has 0 aliphatic heterocycles. The van der Waals surface area contributed by atoms with Gasteiger partial charge in [-0.3, -0.25) is 0 Å². The van der Waals surface area contributed by atoms with Crippen LogP contribution in [0.25, 0.3) is 0 Å². The number of hydrogen-bond acceptors (Lipinski definition) is 5. The van der Waals surface area contributed by atoms with Gasteiger partial charge in [0.25, 0.3) is 0 Å². The summed E-state index contributed by atoms with van der Waals surface area (Å²) in [5.41, 5.74) is 8.24. The number of hydrogen-bond donors (Lipinski definition) is 2. The van der Waals surface area contributed by atoms with Crippen molar-refractivity contribution in [3.05, 3.63) is 33.8 Å². The molecule has 0 spiro atoms. The Kier molecular flexibility index (Phi) is 3.05. The number of nitrogens with two attached hydrogens (primary N) is 1. The third-order valence-corrected chi connectivity index (χ3v) is 3.19. The molecule has 84 valence electrons. The molecule has 0 aliphatic carbocycles. The Balaban J connectivity index is 2.07. The van der Waals surface area contributed by atoms with E-state index in [1.807, 2.05) is 6.92 Å². The Hall–Kier alpha value is -1.62. The van der Waals surface area contributed by atoms with Crippen molar-refractivity contribution in [3.63, 3.8) is 0 Å². The first kappa shape index (κ1) is 10.9. The van der Waals surface area contributed by atoms with Crippen LogP contribution in [0.3, 0.4) is 0 Å². The van der Waals surface area contributed by atoms with Gasteiger partial charge in [-0.2, -0.15) is 11.3 Å². The van der Waals surface area contributed by atoms with E-state index in [0.29, 0.717) is 11.6 Å². The highest BCUT2D eigenvalue weighted by atomic mass is 32.1. The van der Waals surface area contributed by atoms with Gasteiger partial charge in [-0.15, -0.1) is 0 Å². The normalized spacial score (nSPS) is 10.4. The number of rotatable bonds is 3. The second-order valence-corrected chi connectivity index (χ2v) is 4.40. The Morgan fingerprint density at radius 2 is 2.12 bits per heavy atom. The van der Waals surface area contributed by atoms with Crippen molar-refractivity contribution in [2.45, 2.75) is 20.4 Å². The zero-order valence-corrected chi connectivity index (χ0v) is 10.1. The summed E-state index contributed by atoms with van der Waals surface area (Å²) in [6.45, 7) is 4.70. The second-order valence-electron chi connectivity index (χ2n) is 3.66. The molecule has 0 amide bonds. The first-order valence-corrected chi connectivity index (χ1v) is 5.96. The highest BCUT2D eigenvalue weighted by molar-refractivity contribution is 7.08. The van der Waals surface area contributed by atoms with Crippen LogP contribution in [0.15, 0.2) is 16.8 Å². The predicted octanol–water partition coefficient (Wildman–Crippen LogP) is 2.35. The smallest absolute Gasteiger partial charge is 0.132 e. The summed E-state index contributed by atoms with van der Waals surface area (Å²) >= 11 is 1.71. The van der Waals surface area contributed by atoms with E-state index in [1.54, 1.807) is 17.4 Å². The summed E-state index contributed by atoms with van der Waals surface area (Å²) in [5.74, 6) is 1.96. The van der Waals surface area contributed by atoms with Gasteiger partial charge in [0.1, 0.15) is 17.5 Å². The van der Waals surface area contributed by atoms with Gasteiger partial charge in [0.2, 0.25) is 0 Å². The van der Waals surface area contributed by atoms with Crippen LogP contribution in [0.1, 0.15) is 17.0 Å². The fourth-order valence-electron chi connectivity index (χ4n) is 1.44. The van der Waals surface area contributed by atoms with E-state index in [4.69, 9.17) is 5.73 Å². The largest absolute Gasteiger partial charge is 0.384 e. The third kappa shape index (κ3) is 2.49. The zero-order valence-electron chi connectivity index (χ0n) is 9.32. The average molecular weight is 234 g/mol. The Labute approximate surface area is 98.6 Å². The lowest BCUT2D eigenvalue weighted by Crippen LogP contribution is -2.04. The first-order valence-electron chi connectivity index (χ1n) is 5.02. The SMILES string of the molecule is Cc1nc(N)cc(NCc2cscc2C)n1. The lowest BCUT2D eigenvalue weighted by molar-refractivity contribution is 1.03. The summed E-state index contributed by atoms with van der Waals surface area (Å²) < 4.78 is 0. The van der Waals surface area contributed by atoms with Crippen LogP contribution >= 0.6 is 11.3 Å². The quantitative estimate of drug-likeness (QED) is 0.855. The molecule has 2 rings (SSSR count). The van der Waals surface area contributed by atoms with Crippen LogP contribution in [-0.2, 0) is 6.54 Å². The molecule has 0 radical (unpaired) electrons. The van der Waals surface area contributed by atoms with Crippen molar-refractivity contribution in [3.8, 4) is 0 Å². The molecule has 4 nitrogen and oxygen atoms in total. The highest BCUT2D eigenvalue weighted by Gasteiger charge is 2.01. The monoisotopic (exact) mass is 234 g/mol. The van der Waals surface area contributed by atoms with E-state index in [9.17, 15) is 0 Å². The minimum atomic E-state index is 0.497. The fraction of sp³-hybridized carbons (Fsp3) is 0.273. The van der Waals surface area contributed by atoms with E-state index in [-0.39, 0.29) is 0 Å². The van der Waals surface area contributed by atoms with E-state index in [1.165, 1.54) is 11.1 Å². The second kappa shape index (κ2) is 4.49. The molecule has 0 saturated heterocycles. The zero-order chi connectivity index (χ0) is 11.5. The van der Waals surface area contributed by atoms with Crippen molar-refractivity contribution < 1.29 is 0 Å². The molecule has 0 saturated carbocycles. The van der Waals surface area contributed by atoms with Crippen LogP contribution in [0.4, 0.5) is 11.6 Å². The topological polar surface area (TPSA) is 63.8 Å². The van der Waals surface area contributed by atoms with Crippen LogP contribution in [0.2, 0.25) is 0 Å². The number of nitrogen functional groups attached to an aromatic ring is 1. The van der Waals surface area contributed by atoms with Gasteiger partial charge in [-0.25, -0.2) is 9.97 Å². The number of nitrogens with one attached hydrogen (secondary N) is 1. The van der Waals surface area contributed by atoms with Crippen molar-refractivity contribution in [2.75, 3.05) is 11.1 Å². The highest BCUT2D eigenvalue weighted by Crippen LogP contribution is 2.15. The maximum Gasteiger partial charge on any atom is 0.132 e. The lowest BCUT2D eigenvalue weighted by atomic mass is 10.2. The summed E-state index contributed by atoms with van der Waals surface area (Å²) in [6, 6.07) is 1.74. The van der Waals surface area contributed by atoms with Gasteiger partial charge < -0.3 is 11.1 Å². The third-order valence-electron chi connectivity index (χ3n) is 2.28. The van der Waals surface area contributed by atoms with Crippen LogP contribution < -0.4 is 11.1 Å². The number of thiophene rings is 1. The van der Waals surface area contributed by atoms with Crippen molar-refractivity contribution in [2.24, 2.45) is 0 Å². The summed E-state index contributed by atoms with van der Waals surface area (Å²) in [4.78, 5) is 8.29. The molecule has 0 fully saturated rings. The molecule has 16 heavy (non-hydrogen) atoms. The molecule has 0 unspecified atom stereocenters.